The van der Waals surface area contributed by atoms with Crippen molar-refractivity contribution in [2.45, 2.75) is 38.6 Å². The summed E-state index contributed by atoms with van der Waals surface area (Å²) < 4.78 is 0. The molecule has 0 spiro atoms. The van der Waals surface area contributed by atoms with E-state index in [9.17, 15) is 4.79 Å². The molecule has 3 rings (SSSR count). The smallest absolute Gasteiger partial charge is 0.251 e. The lowest BCUT2D eigenvalue weighted by Gasteiger charge is -2.12. The Hall–Kier alpha value is -2.29. The van der Waals surface area contributed by atoms with Crippen molar-refractivity contribution in [3.8, 4) is 0 Å². The summed E-state index contributed by atoms with van der Waals surface area (Å²) in [5, 5.41) is 6.52. The van der Waals surface area contributed by atoms with Crippen LogP contribution in [0.4, 0.5) is 5.69 Å². The van der Waals surface area contributed by atoms with E-state index < -0.39 is 0 Å². The average molecular weight is 308 g/mol. The minimum Gasteiger partial charge on any atom is -0.385 e. The fraction of sp³-hybridized carbons (Fsp3) is 0.350. The zero-order chi connectivity index (χ0) is 16.1. The first-order chi connectivity index (χ1) is 11.3. The Kier molecular flexibility index (Phi) is 4.96. The lowest BCUT2D eigenvalue weighted by molar-refractivity contribution is 0.0938. The zero-order valence-electron chi connectivity index (χ0n) is 13.6. The molecule has 0 saturated carbocycles. The predicted octanol–water partition coefficient (Wildman–Crippen LogP) is 3.80. The average Bonchev–Trinajstić information content (AvgIpc) is 2.98. The molecular formula is C20H24N2O. The van der Waals surface area contributed by atoms with E-state index in [1.807, 2.05) is 24.3 Å². The third kappa shape index (κ3) is 3.92. The molecule has 2 aromatic carbocycles. The molecule has 0 bridgehead atoms. The first-order valence-electron chi connectivity index (χ1n) is 8.48. The first-order valence-corrected chi connectivity index (χ1v) is 8.48. The van der Waals surface area contributed by atoms with Crippen molar-refractivity contribution < 1.29 is 4.79 Å². The lowest BCUT2D eigenvalue weighted by Crippen LogP contribution is -2.35. The number of carbonyl (C=O) groups excluding carboxylic acids is 1. The summed E-state index contributed by atoms with van der Waals surface area (Å²) in [6.45, 7) is 3.15. The number of amides is 1. The van der Waals surface area contributed by atoms with Gasteiger partial charge in [0, 0.05) is 23.8 Å². The van der Waals surface area contributed by atoms with E-state index in [1.165, 1.54) is 17.5 Å². The van der Waals surface area contributed by atoms with Gasteiger partial charge in [0.1, 0.15) is 0 Å². The fourth-order valence-electron chi connectivity index (χ4n) is 3.08. The van der Waals surface area contributed by atoms with E-state index >= 15 is 0 Å². The number of hydrogen-bond acceptors (Lipinski definition) is 2. The molecule has 1 amide bonds. The molecule has 1 aliphatic carbocycles. The van der Waals surface area contributed by atoms with Crippen LogP contribution in [0.25, 0.3) is 0 Å². The Morgan fingerprint density at radius 3 is 2.30 bits per heavy atom. The van der Waals surface area contributed by atoms with Gasteiger partial charge in [-0.1, -0.05) is 37.6 Å². The van der Waals surface area contributed by atoms with Gasteiger partial charge < -0.3 is 10.6 Å². The Morgan fingerprint density at radius 2 is 1.70 bits per heavy atom. The number of anilines is 1. The van der Waals surface area contributed by atoms with E-state index in [1.54, 1.807) is 0 Å². The summed E-state index contributed by atoms with van der Waals surface area (Å²) in [6, 6.07) is 16.4. The minimum atomic E-state index is 0.0166. The zero-order valence-corrected chi connectivity index (χ0v) is 13.6. The molecule has 2 N–H and O–H groups in total. The summed E-state index contributed by atoms with van der Waals surface area (Å²) in [6.07, 6.45) is 4.19. The molecule has 0 unspecified atom stereocenters. The van der Waals surface area contributed by atoms with Crippen LogP contribution in [0.15, 0.2) is 48.5 Å². The molecule has 1 aliphatic rings. The molecule has 3 nitrogen and oxygen atoms in total. The number of unbranched alkanes of at least 4 members (excludes halogenated alkanes) is 1. The maximum Gasteiger partial charge on any atom is 0.251 e. The SMILES string of the molecule is CCCCNc1ccc(C(=O)NC2Cc3ccccc3C2)cc1. The van der Waals surface area contributed by atoms with Gasteiger partial charge in [0.2, 0.25) is 0 Å². The number of benzene rings is 2. The highest BCUT2D eigenvalue weighted by atomic mass is 16.1. The van der Waals surface area contributed by atoms with Crippen LogP contribution in [0, 0.1) is 0 Å². The quantitative estimate of drug-likeness (QED) is 0.797. The standard InChI is InChI=1S/C20H24N2O/c1-2-3-12-21-18-10-8-15(9-11-18)20(23)22-19-13-16-6-4-5-7-17(16)14-19/h4-11,19,21H,2-3,12-14H2,1H3,(H,22,23). The van der Waals surface area contributed by atoms with Gasteiger partial charge in [-0.2, -0.15) is 0 Å². The maximum absolute atomic E-state index is 12.4. The largest absolute Gasteiger partial charge is 0.385 e. The molecule has 2 aromatic rings. The van der Waals surface area contributed by atoms with Crippen LogP contribution in [0.1, 0.15) is 41.3 Å². The molecule has 0 radical (unpaired) electrons. The van der Waals surface area contributed by atoms with Gasteiger partial charge in [-0.15, -0.1) is 0 Å². The first kappa shape index (κ1) is 15.6. The van der Waals surface area contributed by atoms with Crippen LogP contribution >= 0.6 is 0 Å². The van der Waals surface area contributed by atoms with Crippen LogP contribution in [-0.2, 0) is 12.8 Å². The van der Waals surface area contributed by atoms with Crippen LogP contribution in [-0.4, -0.2) is 18.5 Å². The molecule has 0 saturated heterocycles. The van der Waals surface area contributed by atoms with Gasteiger partial charge in [0.05, 0.1) is 0 Å². The highest BCUT2D eigenvalue weighted by Gasteiger charge is 2.22. The Labute approximate surface area is 138 Å². The summed E-state index contributed by atoms with van der Waals surface area (Å²) in [7, 11) is 0. The topological polar surface area (TPSA) is 41.1 Å². The van der Waals surface area contributed by atoms with Gasteiger partial charge in [0.15, 0.2) is 0 Å². The normalized spacial score (nSPS) is 13.6. The molecular weight excluding hydrogens is 284 g/mol. The van der Waals surface area contributed by atoms with Crippen molar-refractivity contribution in [3.63, 3.8) is 0 Å². The summed E-state index contributed by atoms with van der Waals surface area (Å²) >= 11 is 0. The number of nitrogens with one attached hydrogen (secondary N) is 2. The van der Waals surface area contributed by atoms with Crippen LogP contribution in [0.5, 0.6) is 0 Å². The molecule has 23 heavy (non-hydrogen) atoms. The van der Waals surface area contributed by atoms with Gasteiger partial charge in [-0.05, 0) is 54.7 Å². The van der Waals surface area contributed by atoms with Crippen molar-refractivity contribution in [1.29, 1.82) is 0 Å². The highest BCUT2D eigenvalue weighted by Crippen LogP contribution is 2.22. The highest BCUT2D eigenvalue weighted by molar-refractivity contribution is 5.94. The number of hydrogen-bond donors (Lipinski definition) is 2. The van der Waals surface area contributed by atoms with Crippen molar-refractivity contribution in [1.82, 2.24) is 5.32 Å². The van der Waals surface area contributed by atoms with Crippen LogP contribution < -0.4 is 10.6 Å². The van der Waals surface area contributed by atoms with Crippen molar-refractivity contribution in [3.05, 3.63) is 65.2 Å². The van der Waals surface area contributed by atoms with Gasteiger partial charge in [0.25, 0.3) is 5.91 Å². The van der Waals surface area contributed by atoms with E-state index in [2.05, 4.69) is 41.8 Å². The van der Waals surface area contributed by atoms with Gasteiger partial charge >= 0.3 is 0 Å². The molecule has 0 heterocycles. The Morgan fingerprint density at radius 1 is 1.04 bits per heavy atom. The second-order valence-electron chi connectivity index (χ2n) is 6.21. The van der Waals surface area contributed by atoms with Crippen LogP contribution in [0.2, 0.25) is 0 Å². The molecule has 0 aliphatic heterocycles. The fourth-order valence-corrected chi connectivity index (χ4v) is 3.08. The van der Waals surface area contributed by atoms with Crippen molar-refractivity contribution in [2.75, 3.05) is 11.9 Å². The maximum atomic E-state index is 12.4. The Bertz CT molecular complexity index is 639. The lowest BCUT2D eigenvalue weighted by atomic mass is 10.1. The number of fused-ring (bicyclic) bond motifs is 1. The third-order valence-electron chi connectivity index (χ3n) is 4.39. The summed E-state index contributed by atoms with van der Waals surface area (Å²) in [5.41, 5.74) is 4.51. The van der Waals surface area contributed by atoms with E-state index in [0.717, 1.165) is 37.1 Å². The monoisotopic (exact) mass is 308 g/mol. The van der Waals surface area contributed by atoms with Crippen molar-refractivity contribution in [2.24, 2.45) is 0 Å². The minimum absolute atomic E-state index is 0.0166. The van der Waals surface area contributed by atoms with Gasteiger partial charge in [-0.25, -0.2) is 0 Å². The molecule has 120 valence electrons. The van der Waals surface area contributed by atoms with E-state index in [0.29, 0.717) is 0 Å². The van der Waals surface area contributed by atoms with Crippen molar-refractivity contribution >= 4 is 11.6 Å². The summed E-state index contributed by atoms with van der Waals surface area (Å²) in [4.78, 5) is 12.4. The molecule has 0 fully saturated rings. The second-order valence-corrected chi connectivity index (χ2v) is 6.21. The third-order valence-corrected chi connectivity index (χ3v) is 4.39. The number of rotatable bonds is 6. The molecule has 0 atom stereocenters. The predicted molar refractivity (Wildman–Crippen MR) is 94.9 cm³/mol. The molecule has 0 aromatic heterocycles. The van der Waals surface area contributed by atoms with E-state index in [-0.39, 0.29) is 11.9 Å². The van der Waals surface area contributed by atoms with Crippen LogP contribution in [0.3, 0.4) is 0 Å². The Balaban J connectivity index is 1.55. The van der Waals surface area contributed by atoms with Gasteiger partial charge in [-0.3, -0.25) is 4.79 Å². The van der Waals surface area contributed by atoms with E-state index in [4.69, 9.17) is 0 Å². The molecule has 3 heteroatoms. The summed E-state index contributed by atoms with van der Waals surface area (Å²) in [5.74, 6) is 0.0166. The number of carbonyl (C=O) groups is 1. The second kappa shape index (κ2) is 7.32.